The molecule has 0 fully saturated rings. The molecule has 16 heavy (non-hydrogen) atoms. The second-order valence-electron chi connectivity index (χ2n) is 3.94. The molecule has 0 spiro atoms. The van der Waals surface area contributed by atoms with Crippen LogP contribution in [0.15, 0.2) is 0 Å². The number of halogens is 1. The molecule has 0 aliphatic heterocycles. The fraction of sp³-hybridized carbons (Fsp3) is 0.818. The van der Waals surface area contributed by atoms with Gasteiger partial charge in [0.1, 0.15) is 5.38 Å². The Balaban J connectivity index is 4.09. The maximum Gasteiger partial charge on any atom is 0.321 e. The van der Waals surface area contributed by atoms with Crippen molar-refractivity contribution >= 4 is 23.5 Å². The summed E-state index contributed by atoms with van der Waals surface area (Å²) in [5, 5.41) is 4.23. The quantitative estimate of drug-likeness (QED) is 0.734. The third kappa shape index (κ3) is 5.35. The average molecular weight is 249 g/mol. The minimum absolute atomic E-state index is 0.0495. The summed E-state index contributed by atoms with van der Waals surface area (Å²) in [4.78, 5) is 22.5. The molecule has 0 saturated carbocycles. The zero-order valence-electron chi connectivity index (χ0n) is 10.3. The highest BCUT2D eigenvalue weighted by molar-refractivity contribution is 6.31. The lowest BCUT2D eigenvalue weighted by molar-refractivity contribution is -0.119. The van der Waals surface area contributed by atoms with E-state index < -0.39 is 17.3 Å². The molecule has 0 aliphatic carbocycles. The van der Waals surface area contributed by atoms with Crippen molar-refractivity contribution in [2.24, 2.45) is 5.92 Å². The van der Waals surface area contributed by atoms with Crippen molar-refractivity contribution in [1.82, 2.24) is 10.6 Å². The molecule has 0 bridgehead atoms. The number of urea groups is 1. The van der Waals surface area contributed by atoms with E-state index in [-0.39, 0.29) is 6.04 Å². The lowest BCUT2D eigenvalue weighted by atomic mass is 9.96. The predicted molar refractivity (Wildman–Crippen MR) is 65.5 cm³/mol. The van der Waals surface area contributed by atoms with E-state index in [4.69, 9.17) is 11.6 Å². The molecule has 2 N–H and O–H groups in total. The summed E-state index contributed by atoms with van der Waals surface area (Å²) in [6.45, 7) is 7.62. The molecule has 4 nitrogen and oxygen atoms in total. The molecule has 0 aromatic rings. The van der Waals surface area contributed by atoms with Crippen molar-refractivity contribution in [3.63, 3.8) is 0 Å². The first kappa shape index (κ1) is 15.2. The molecule has 0 aromatic carbocycles. The van der Waals surface area contributed by atoms with Gasteiger partial charge in [0.15, 0.2) is 0 Å². The molecule has 0 radical (unpaired) electrons. The zero-order valence-corrected chi connectivity index (χ0v) is 11.1. The van der Waals surface area contributed by atoms with Crippen LogP contribution < -0.4 is 10.6 Å². The first-order chi connectivity index (χ1) is 7.42. The minimum atomic E-state index is -0.700. The van der Waals surface area contributed by atoms with Crippen LogP contribution in [0.5, 0.6) is 0 Å². The van der Waals surface area contributed by atoms with E-state index in [1.54, 1.807) is 0 Å². The summed E-state index contributed by atoms with van der Waals surface area (Å²) in [7, 11) is 0. The lowest BCUT2D eigenvalue weighted by Crippen LogP contribution is -2.47. The van der Waals surface area contributed by atoms with Crippen LogP contribution in [0, 0.1) is 5.92 Å². The van der Waals surface area contributed by atoms with Gasteiger partial charge in [0, 0.05) is 6.04 Å². The number of alkyl halides is 1. The van der Waals surface area contributed by atoms with E-state index in [2.05, 4.69) is 24.5 Å². The van der Waals surface area contributed by atoms with Gasteiger partial charge in [-0.1, -0.05) is 26.7 Å². The van der Waals surface area contributed by atoms with Crippen LogP contribution in [0.3, 0.4) is 0 Å². The third-order valence-corrected chi connectivity index (χ3v) is 2.91. The number of imide groups is 1. The molecular weight excluding hydrogens is 228 g/mol. The molecule has 0 heterocycles. The topological polar surface area (TPSA) is 58.2 Å². The fourth-order valence-electron chi connectivity index (χ4n) is 1.57. The van der Waals surface area contributed by atoms with E-state index in [0.717, 1.165) is 12.8 Å². The number of hydrogen-bond acceptors (Lipinski definition) is 2. The Morgan fingerprint density at radius 2 is 1.69 bits per heavy atom. The summed E-state index contributed by atoms with van der Waals surface area (Å²) in [6.07, 6.45) is 2.00. The minimum Gasteiger partial charge on any atom is -0.335 e. The van der Waals surface area contributed by atoms with Gasteiger partial charge in [0.2, 0.25) is 5.91 Å². The van der Waals surface area contributed by atoms with Crippen LogP contribution in [0.2, 0.25) is 0 Å². The molecule has 94 valence electrons. The number of nitrogens with one attached hydrogen (secondary N) is 2. The molecule has 0 aromatic heterocycles. The summed E-state index contributed by atoms with van der Waals surface area (Å²) in [6, 6.07) is -0.426. The number of hydrogen-bond donors (Lipinski definition) is 2. The van der Waals surface area contributed by atoms with Gasteiger partial charge in [0.05, 0.1) is 0 Å². The molecule has 5 heteroatoms. The van der Waals surface area contributed by atoms with Crippen molar-refractivity contribution < 1.29 is 9.59 Å². The van der Waals surface area contributed by atoms with Gasteiger partial charge in [-0.3, -0.25) is 10.1 Å². The number of carbonyl (C=O) groups is 2. The monoisotopic (exact) mass is 248 g/mol. The number of amides is 3. The molecule has 0 rings (SSSR count). The van der Waals surface area contributed by atoms with Crippen LogP contribution >= 0.6 is 11.6 Å². The number of carbonyl (C=O) groups excluding carboxylic acids is 2. The van der Waals surface area contributed by atoms with Crippen LogP contribution in [-0.4, -0.2) is 23.4 Å². The van der Waals surface area contributed by atoms with Gasteiger partial charge in [0.25, 0.3) is 0 Å². The largest absolute Gasteiger partial charge is 0.335 e. The van der Waals surface area contributed by atoms with E-state index in [1.807, 2.05) is 6.92 Å². The highest BCUT2D eigenvalue weighted by Crippen LogP contribution is 2.12. The van der Waals surface area contributed by atoms with Crippen LogP contribution in [0.4, 0.5) is 4.79 Å². The van der Waals surface area contributed by atoms with E-state index in [1.165, 1.54) is 6.92 Å². The zero-order chi connectivity index (χ0) is 12.7. The fourth-order valence-corrected chi connectivity index (χ4v) is 1.62. The van der Waals surface area contributed by atoms with Crippen LogP contribution in [0.1, 0.15) is 40.5 Å². The first-order valence-corrected chi connectivity index (χ1v) is 6.11. The van der Waals surface area contributed by atoms with Crippen LogP contribution in [-0.2, 0) is 4.79 Å². The summed E-state index contributed by atoms with van der Waals surface area (Å²) < 4.78 is 0. The molecule has 2 unspecified atom stereocenters. The predicted octanol–water partition coefficient (Wildman–Crippen LogP) is 2.26. The van der Waals surface area contributed by atoms with E-state index in [0.29, 0.717) is 5.92 Å². The summed E-state index contributed by atoms with van der Waals surface area (Å²) in [5.74, 6) is -0.0507. The summed E-state index contributed by atoms with van der Waals surface area (Å²) >= 11 is 5.53. The Hall–Kier alpha value is -0.770. The van der Waals surface area contributed by atoms with Gasteiger partial charge >= 0.3 is 6.03 Å². The number of rotatable bonds is 5. The Morgan fingerprint density at radius 3 is 2.06 bits per heavy atom. The molecule has 2 atom stereocenters. The Labute approximate surface area is 102 Å². The normalized spacial score (nSPS) is 14.4. The molecule has 0 aliphatic rings. The smallest absolute Gasteiger partial charge is 0.321 e. The molecule has 0 saturated heterocycles. The van der Waals surface area contributed by atoms with E-state index in [9.17, 15) is 9.59 Å². The van der Waals surface area contributed by atoms with Gasteiger partial charge in [-0.15, -0.1) is 11.6 Å². The van der Waals surface area contributed by atoms with Gasteiger partial charge in [-0.05, 0) is 19.8 Å². The highest BCUT2D eigenvalue weighted by Gasteiger charge is 2.18. The van der Waals surface area contributed by atoms with Crippen molar-refractivity contribution in [3.8, 4) is 0 Å². The second kappa shape index (κ2) is 7.49. The second-order valence-corrected chi connectivity index (χ2v) is 4.60. The molecular formula is C11H21ClN2O2. The van der Waals surface area contributed by atoms with Gasteiger partial charge < -0.3 is 5.32 Å². The van der Waals surface area contributed by atoms with Gasteiger partial charge in [-0.25, -0.2) is 4.79 Å². The molecule has 3 amide bonds. The Kier molecular flexibility index (Phi) is 7.13. The van der Waals surface area contributed by atoms with E-state index >= 15 is 0 Å². The Bertz CT molecular complexity index is 240. The van der Waals surface area contributed by atoms with Crippen molar-refractivity contribution in [3.05, 3.63) is 0 Å². The standard InChI is InChI=1S/C11H21ClN2O2/c1-5-9(6-2)8(4)13-11(16)14-10(15)7(3)12/h7-9H,5-6H2,1-4H3,(H2,13,14,15,16). The van der Waals surface area contributed by atoms with Gasteiger partial charge in [-0.2, -0.15) is 0 Å². The van der Waals surface area contributed by atoms with Crippen molar-refractivity contribution in [2.75, 3.05) is 0 Å². The van der Waals surface area contributed by atoms with Crippen molar-refractivity contribution in [2.45, 2.75) is 52.0 Å². The summed E-state index contributed by atoms with van der Waals surface area (Å²) in [5.41, 5.74) is 0. The van der Waals surface area contributed by atoms with Crippen LogP contribution in [0.25, 0.3) is 0 Å². The Morgan fingerprint density at radius 1 is 1.19 bits per heavy atom. The first-order valence-electron chi connectivity index (χ1n) is 5.67. The lowest BCUT2D eigenvalue weighted by Gasteiger charge is -2.22. The SMILES string of the molecule is CCC(CC)C(C)NC(=O)NC(=O)C(C)Cl. The average Bonchev–Trinajstić information content (AvgIpc) is 2.18. The van der Waals surface area contributed by atoms with Crippen molar-refractivity contribution in [1.29, 1.82) is 0 Å². The third-order valence-electron chi connectivity index (χ3n) is 2.71. The maximum atomic E-state index is 11.4. The maximum absolute atomic E-state index is 11.4. The highest BCUT2D eigenvalue weighted by atomic mass is 35.5.